The molecule has 8 heteroatoms. The van der Waals surface area contributed by atoms with Crippen molar-refractivity contribution in [2.45, 2.75) is 20.4 Å². The van der Waals surface area contributed by atoms with Crippen molar-refractivity contribution < 1.29 is 9.53 Å². The first-order valence-electron chi connectivity index (χ1n) is 9.53. The van der Waals surface area contributed by atoms with Gasteiger partial charge in [0.25, 0.3) is 0 Å². The molecule has 0 atom stereocenters. The van der Waals surface area contributed by atoms with Crippen molar-refractivity contribution >= 4 is 70.4 Å². The molecule has 3 rings (SSSR count). The molecule has 1 aliphatic rings. The van der Waals surface area contributed by atoms with Crippen molar-refractivity contribution in [1.29, 1.82) is 0 Å². The SMILES string of the molecule is COC(=O)C1=C(NCc2ccc(Br)cc2)C(=Nc2ccc(Cl)c(Cl)c2)[Se]/C1=C\C(C)C. The van der Waals surface area contributed by atoms with E-state index in [1.807, 2.05) is 30.3 Å². The van der Waals surface area contributed by atoms with E-state index in [9.17, 15) is 4.79 Å². The van der Waals surface area contributed by atoms with Gasteiger partial charge >= 0.3 is 208 Å². The first-order chi connectivity index (χ1) is 14.8. The van der Waals surface area contributed by atoms with E-state index in [1.165, 1.54) is 7.11 Å². The van der Waals surface area contributed by atoms with Crippen molar-refractivity contribution in [2.75, 3.05) is 7.11 Å². The quantitative estimate of drug-likeness (QED) is 0.321. The number of methoxy groups -OCH3 is 1. The number of benzene rings is 2. The third-order valence-corrected chi connectivity index (χ3v) is 7.78. The number of nitrogens with zero attached hydrogens (tertiary/aromatic N) is 1. The van der Waals surface area contributed by atoms with Crippen LogP contribution in [0.2, 0.25) is 10.0 Å². The third-order valence-electron chi connectivity index (χ3n) is 4.31. The standard InChI is InChI=1S/C23H21BrCl2N2O2Se/c1-13(2)10-19-20(23(29)30-3)21(27-12-14-4-6-15(24)7-5-14)22(31-19)28-16-8-9-17(25)18(26)11-16/h4-11,13,27H,12H2,1-3H3/b19-10-,28-22?. The van der Waals surface area contributed by atoms with E-state index in [-0.39, 0.29) is 26.8 Å². The summed E-state index contributed by atoms with van der Waals surface area (Å²) >= 11 is 15.5. The Bertz CT molecular complexity index is 1080. The number of hydrogen-bond acceptors (Lipinski definition) is 4. The van der Waals surface area contributed by atoms with Gasteiger partial charge in [-0.3, -0.25) is 0 Å². The normalized spacial score (nSPS) is 16.5. The van der Waals surface area contributed by atoms with E-state index in [0.29, 0.717) is 33.5 Å². The van der Waals surface area contributed by atoms with Crippen LogP contribution < -0.4 is 5.32 Å². The number of nitrogens with one attached hydrogen (secondary N) is 1. The molecule has 31 heavy (non-hydrogen) atoms. The van der Waals surface area contributed by atoms with E-state index in [0.717, 1.165) is 19.1 Å². The van der Waals surface area contributed by atoms with Gasteiger partial charge in [-0.25, -0.2) is 0 Å². The molecule has 0 aromatic heterocycles. The molecule has 0 radical (unpaired) electrons. The summed E-state index contributed by atoms with van der Waals surface area (Å²) in [5.41, 5.74) is 3.02. The van der Waals surface area contributed by atoms with Gasteiger partial charge in [-0.2, -0.15) is 0 Å². The molecule has 0 fully saturated rings. The second kappa shape index (κ2) is 10.8. The number of allylic oxidation sites excluding steroid dienone is 2. The van der Waals surface area contributed by atoms with E-state index >= 15 is 0 Å². The van der Waals surface area contributed by atoms with Crippen molar-refractivity contribution in [3.8, 4) is 0 Å². The molecule has 1 aliphatic heterocycles. The first-order valence-corrected chi connectivity index (χ1v) is 12.8. The average Bonchev–Trinajstić information content (AvgIpc) is 3.05. The van der Waals surface area contributed by atoms with Crippen LogP contribution in [-0.4, -0.2) is 32.6 Å². The average molecular weight is 587 g/mol. The number of esters is 1. The Labute approximate surface area is 207 Å². The molecule has 0 bridgehead atoms. The summed E-state index contributed by atoms with van der Waals surface area (Å²) in [7, 11) is 1.40. The second-order valence-electron chi connectivity index (χ2n) is 7.11. The van der Waals surface area contributed by atoms with Crippen molar-refractivity contribution in [1.82, 2.24) is 5.32 Å². The van der Waals surface area contributed by atoms with Crippen LogP contribution >= 0.6 is 39.1 Å². The maximum absolute atomic E-state index is 12.7. The Balaban J connectivity index is 2.05. The Morgan fingerprint density at radius 3 is 2.52 bits per heavy atom. The van der Waals surface area contributed by atoms with Crippen LogP contribution in [0.5, 0.6) is 0 Å². The number of rotatable bonds is 6. The van der Waals surface area contributed by atoms with Gasteiger partial charge in [0.15, 0.2) is 0 Å². The Kier molecular flexibility index (Phi) is 8.43. The van der Waals surface area contributed by atoms with E-state index < -0.39 is 0 Å². The zero-order chi connectivity index (χ0) is 22.5. The molecule has 0 spiro atoms. The van der Waals surface area contributed by atoms with Gasteiger partial charge in [0.05, 0.1) is 0 Å². The molecule has 1 N–H and O–H groups in total. The fraction of sp³-hybridized carbons (Fsp3) is 0.217. The monoisotopic (exact) mass is 586 g/mol. The molecule has 2 aromatic rings. The van der Waals surface area contributed by atoms with Crippen LogP contribution in [0.15, 0.2) is 73.7 Å². The van der Waals surface area contributed by atoms with Gasteiger partial charge in [0, 0.05) is 0 Å². The molecule has 0 saturated carbocycles. The predicted octanol–water partition coefficient (Wildman–Crippen LogP) is 6.26. The summed E-state index contributed by atoms with van der Waals surface area (Å²) in [6, 6.07) is 13.3. The second-order valence-corrected chi connectivity index (χ2v) is 11.0. The molecule has 1 heterocycles. The minimum atomic E-state index is -0.369. The fourth-order valence-corrected chi connectivity index (χ4v) is 6.08. The number of halogens is 3. The minimum absolute atomic E-state index is 0.165. The Morgan fingerprint density at radius 2 is 1.90 bits per heavy atom. The van der Waals surface area contributed by atoms with Crippen LogP contribution in [0.3, 0.4) is 0 Å². The summed E-state index contributed by atoms with van der Waals surface area (Å²) in [4.78, 5) is 17.5. The van der Waals surface area contributed by atoms with E-state index in [2.05, 4.69) is 41.2 Å². The van der Waals surface area contributed by atoms with Crippen LogP contribution in [0, 0.1) is 5.92 Å². The summed E-state index contributed by atoms with van der Waals surface area (Å²) in [6.45, 7) is 4.72. The fourth-order valence-electron chi connectivity index (χ4n) is 2.87. The summed E-state index contributed by atoms with van der Waals surface area (Å²) in [5, 5.41) is 4.34. The summed E-state index contributed by atoms with van der Waals surface area (Å²) in [5.74, 6) is -0.0833. The number of carbonyl (C=O) groups is 1. The van der Waals surface area contributed by atoms with Gasteiger partial charge in [-0.05, 0) is 0 Å². The number of hydrogen-bond donors (Lipinski definition) is 1. The zero-order valence-corrected chi connectivity index (χ0v) is 22.0. The van der Waals surface area contributed by atoms with Crippen molar-refractivity contribution in [3.63, 3.8) is 0 Å². The Morgan fingerprint density at radius 1 is 1.19 bits per heavy atom. The molecule has 0 amide bonds. The molecular formula is C23H21BrCl2N2O2Se. The Hall–Kier alpha value is -1.56. The molecule has 0 aliphatic carbocycles. The van der Waals surface area contributed by atoms with Gasteiger partial charge in [0.2, 0.25) is 0 Å². The van der Waals surface area contributed by atoms with Gasteiger partial charge < -0.3 is 0 Å². The van der Waals surface area contributed by atoms with Crippen molar-refractivity contribution in [2.24, 2.45) is 10.9 Å². The van der Waals surface area contributed by atoms with E-state index in [1.54, 1.807) is 12.1 Å². The van der Waals surface area contributed by atoms with Crippen LogP contribution in [0.1, 0.15) is 19.4 Å². The zero-order valence-electron chi connectivity index (χ0n) is 17.2. The predicted molar refractivity (Wildman–Crippen MR) is 132 cm³/mol. The first kappa shape index (κ1) is 24.1. The van der Waals surface area contributed by atoms with Gasteiger partial charge in [-0.15, -0.1) is 0 Å². The molecule has 0 unspecified atom stereocenters. The number of carbonyl (C=O) groups excluding carboxylic acids is 1. The molecule has 0 saturated heterocycles. The summed E-state index contributed by atoms with van der Waals surface area (Å²) < 4.78 is 7.90. The summed E-state index contributed by atoms with van der Waals surface area (Å²) in [6.07, 6.45) is 2.10. The number of aliphatic imine (C=N–C) groups is 1. The van der Waals surface area contributed by atoms with Crippen LogP contribution in [0.4, 0.5) is 5.69 Å². The molecule has 4 nitrogen and oxygen atoms in total. The van der Waals surface area contributed by atoms with Gasteiger partial charge in [0.1, 0.15) is 0 Å². The van der Waals surface area contributed by atoms with Crippen molar-refractivity contribution in [3.05, 3.63) is 84.4 Å². The third kappa shape index (κ3) is 6.24. The van der Waals surface area contributed by atoms with Crippen LogP contribution in [0.25, 0.3) is 0 Å². The van der Waals surface area contributed by atoms with E-state index in [4.69, 9.17) is 32.9 Å². The topological polar surface area (TPSA) is 50.7 Å². The maximum atomic E-state index is 12.7. The molecular weight excluding hydrogens is 566 g/mol. The molecule has 2 aromatic carbocycles. The van der Waals surface area contributed by atoms with Crippen LogP contribution in [-0.2, 0) is 16.1 Å². The van der Waals surface area contributed by atoms with Gasteiger partial charge in [-0.1, -0.05) is 0 Å². The number of ether oxygens (including phenoxy) is 1. The molecule has 162 valence electrons.